The van der Waals surface area contributed by atoms with E-state index in [1.54, 1.807) is 57.2 Å². The average Bonchev–Trinajstić information content (AvgIpc) is 2.58. The maximum atomic E-state index is 12.4. The molecule has 2 aromatic carbocycles. The van der Waals surface area contributed by atoms with Crippen LogP contribution >= 0.6 is 0 Å². The van der Waals surface area contributed by atoms with E-state index in [1.807, 2.05) is 18.2 Å². The number of carbonyl (C=O) groups is 2. The van der Waals surface area contributed by atoms with E-state index in [2.05, 4.69) is 4.89 Å². The van der Waals surface area contributed by atoms with Gasteiger partial charge in [-0.25, -0.2) is 4.79 Å². The van der Waals surface area contributed by atoms with E-state index in [0.29, 0.717) is 16.7 Å². The molecule has 5 heteroatoms. The third-order valence-electron chi connectivity index (χ3n) is 2.94. The summed E-state index contributed by atoms with van der Waals surface area (Å²) < 4.78 is 4.97. The lowest BCUT2D eigenvalue weighted by atomic mass is 10.0. The molecule has 2 rings (SSSR count). The van der Waals surface area contributed by atoms with Gasteiger partial charge in [-0.2, -0.15) is 4.89 Å². The Balaban J connectivity index is 1.96. The van der Waals surface area contributed by atoms with E-state index >= 15 is 0 Å². The Morgan fingerprint density at radius 3 is 2.25 bits per heavy atom. The van der Waals surface area contributed by atoms with E-state index in [9.17, 15) is 9.59 Å². The van der Waals surface area contributed by atoms with Gasteiger partial charge in [-0.3, -0.25) is 9.68 Å². The lowest BCUT2D eigenvalue weighted by Gasteiger charge is -2.16. The summed E-state index contributed by atoms with van der Waals surface area (Å²) in [6.45, 7) is 5.24. The van der Waals surface area contributed by atoms with Gasteiger partial charge in [0.15, 0.2) is 5.78 Å². The van der Waals surface area contributed by atoms with Crippen molar-refractivity contribution >= 4 is 11.9 Å². The molecule has 0 aliphatic carbocycles. The van der Waals surface area contributed by atoms with Crippen LogP contribution in [0.1, 0.15) is 42.3 Å². The molecule has 0 aliphatic heterocycles. The van der Waals surface area contributed by atoms with Crippen LogP contribution in [-0.2, 0) is 21.1 Å². The first-order chi connectivity index (χ1) is 11.3. The second-order valence-corrected chi connectivity index (χ2v) is 6.21. The predicted octanol–water partition coefficient (Wildman–Crippen LogP) is 4.30. The van der Waals surface area contributed by atoms with Crippen molar-refractivity contribution in [3.05, 3.63) is 71.3 Å². The van der Waals surface area contributed by atoms with Crippen molar-refractivity contribution in [2.75, 3.05) is 0 Å². The van der Waals surface area contributed by atoms with Gasteiger partial charge >= 0.3 is 6.16 Å². The minimum absolute atomic E-state index is 0.0117. The predicted molar refractivity (Wildman–Crippen MR) is 88.4 cm³/mol. The summed E-state index contributed by atoms with van der Waals surface area (Å²) in [4.78, 5) is 33.3. The number of benzene rings is 2. The largest absolute Gasteiger partial charge is 0.540 e. The van der Waals surface area contributed by atoms with Crippen molar-refractivity contribution in [3.63, 3.8) is 0 Å². The van der Waals surface area contributed by atoms with Gasteiger partial charge in [0.25, 0.3) is 0 Å². The van der Waals surface area contributed by atoms with Crippen LogP contribution in [0.2, 0.25) is 0 Å². The highest BCUT2D eigenvalue weighted by atomic mass is 17.2. The maximum absolute atomic E-state index is 12.4. The first-order valence-electron chi connectivity index (χ1n) is 7.56. The van der Waals surface area contributed by atoms with Gasteiger partial charge in [-0.15, -0.1) is 0 Å². The Bertz CT molecular complexity index is 701. The van der Waals surface area contributed by atoms with Gasteiger partial charge in [0.2, 0.25) is 0 Å². The van der Waals surface area contributed by atoms with Crippen molar-refractivity contribution in [1.29, 1.82) is 0 Å². The number of carbonyl (C=O) groups excluding carboxylic acids is 2. The van der Waals surface area contributed by atoms with Crippen LogP contribution in [0.25, 0.3) is 0 Å². The van der Waals surface area contributed by atoms with Crippen molar-refractivity contribution in [1.82, 2.24) is 0 Å². The zero-order valence-corrected chi connectivity index (χ0v) is 13.9. The normalized spacial score (nSPS) is 11.0. The summed E-state index contributed by atoms with van der Waals surface area (Å²) >= 11 is 0. The molecule has 5 nitrogen and oxygen atoms in total. The average molecular weight is 328 g/mol. The van der Waals surface area contributed by atoms with Crippen molar-refractivity contribution in [2.45, 2.75) is 33.0 Å². The molecule has 0 aromatic heterocycles. The first kappa shape index (κ1) is 17.7. The number of rotatable bonds is 5. The smallest absolute Gasteiger partial charge is 0.427 e. The summed E-state index contributed by atoms with van der Waals surface area (Å²) in [7, 11) is 0. The summed E-state index contributed by atoms with van der Waals surface area (Å²) in [5.41, 5.74) is 1.21. The van der Waals surface area contributed by atoms with E-state index in [-0.39, 0.29) is 12.4 Å². The quantitative estimate of drug-likeness (QED) is 0.354. The minimum Gasteiger partial charge on any atom is -0.427 e. The third-order valence-corrected chi connectivity index (χ3v) is 2.94. The molecule has 0 bridgehead atoms. The van der Waals surface area contributed by atoms with Crippen LogP contribution in [0.4, 0.5) is 4.79 Å². The van der Waals surface area contributed by atoms with Crippen LogP contribution in [0.5, 0.6) is 0 Å². The molecular formula is C19H20O5. The van der Waals surface area contributed by atoms with Crippen LogP contribution in [0.3, 0.4) is 0 Å². The minimum atomic E-state index is -0.926. The Hall–Kier alpha value is -2.66. The molecule has 0 spiro atoms. The van der Waals surface area contributed by atoms with Gasteiger partial charge in [0, 0.05) is 11.1 Å². The molecule has 126 valence electrons. The Morgan fingerprint density at radius 2 is 1.58 bits per heavy atom. The van der Waals surface area contributed by atoms with E-state index in [0.717, 1.165) is 0 Å². The first-order valence-corrected chi connectivity index (χ1v) is 7.56. The Kier molecular flexibility index (Phi) is 5.71. The van der Waals surface area contributed by atoms with Crippen LogP contribution in [0, 0.1) is 0 Å². The number of hydrogen-bond acceptors (Lipinski definition) is 5. The number of hydrogen-bond donors (Lipinski definition) is 0. The molecular weight excluding hydrogens is 308 g/mol. The Morgan fingerprint density at radius 1 is 0.917 bits per heavy atom. The molecule has 0 unspecified atom stereocenters. The lowest BCUT2D eigenvalue weighted by Crippen LogP contribution is -2.22. The fourth-order valence-corrected chi connectivity index (χ4v) is 1.88. The molecule has 24 heavy (non-hydrogen) atoms. The molecule has 0 N–H and O–H groups in total. The molecule has 0 saturated heterocycles. The molecule has 0 atom stereocenters. The molecule has 0 radical (unpaired) electrons. The molecule has 0 heterocycles. The van der Waals surface area contributed by atoms with Gasteiger partial charge in [-0.1, -0.05) is 48.5 Å². The third kappa shape index (κ3) is 5.52. The van der Waals surface area contributed by atoms with Gasteiger partial charge in [0.1, 0.15) is 12.2 Å². The van der Waals surface area contributed by atoms with Gasteiger partial charge in [-0.05, 0) is 32.4 Å². The number of ketones is 1. The van der Waals surface area contributed by atoms with Gasteiger partial charge < -0.3 is 4.74 Å². The highest BCUT2D eigenvalue weighted by molar-refractivity contribution is 6.09. The summed E-state index contributed by atoms with van der Waals surface area (Å²) in [5.74, 6) is -0.0870. The topological polar surface area (TPSA) is 61.8 Å². The number of ether oxygens (including phenoxy) is 1. The molecule has 0 saturated carbocycles. The molecule has 0 aliphatic rings. The zero-order valence-electron chi connectivity index (χ0n) is 13.9. The summed E-state index contributed by atoms with van der Waals surface area (Å²) in [5, 5.41) is 0. The van der Waals surface area contributed by atoms with Crippen LogP contribution in [0.15, 0.2) is 54.6 Å². The second-order valence-electron chi connectivity index (χ2n) is 6.21. The van der Waals surface area contributed by atoms with E-state index in [4.69, 9.17) is 9.62 Å². The maximum Gasteiger partial charge on any atom is 0.540 e. The van der Waals surface area contributed by atoms with E-state index in [1.165, 1.54) is 0 Å². The molecule has 2 aromatic rings. The lowest BCUT2D eigenvalue weighted by molar-refractivity contribution is -0.312. The van der Waals surface area contributed by atoms with Gasteiger partial charge in [0.05, 0.1) is 0 Å². The Labute approximate surface area is 141 Å². The molecule has 0 amide bonds. The fourth-order valence-electron chi connectivity index (χ4n) is 1.88. The highest BCUT2D eigenvalue weighted by Gasteiger charge is 2.16. The molecule has 0 fully saturated rings. The van der Waals surface area contributed by atoms with E-state index < -0.39 is 11.8 Å². The second kappa shape index (κ2) is 7.75. The fraction of sp³-hybridized carbons (Fsp3) is 0.263. The van der Waals surface area contributed by atoms with Crippen molar-refractivity contribution < 1.29 is 24.1 Å². The summed E-state index contributed by atoms with van der Waals surface area (Å²) in [6, 6.07) is 15.9. The van der Waals surface area contributed by atoms with Crippen molar-refractivity contribution in [3.8, 4) is 0 Å². The van der Waals surface area contributed by atoms with Crippen molar-refractivity contribution in [2.24, 2.45) is 0 Å². The monoisotopic (exact) mass is 328 g/mol. The zero-order chi connectivity index (χ0) is 17.6. The summed E-state index contributed by atoms with van der Waals surface area (Å²) in [6.07, 6.45) is -0.926. The van der Waals surface area contributed by atoms with Crippen LogP contribution in [-0.4, -0.2) is 17.5 Å². The highest BCUT2D eigenvalue weighted by Crippen LogP contribution is 2.13. The standard InChI is InChI=1S/C19H20O5/c1-19(2,3)24-23-18(21)22-13-14-8-7-11-16(12-14)17(20)15-9-5-4-6-10-15/h4-12H,13H2,1-3H3. The SMILES string of the molecule is CC(C)(C)OOC(=O)OCc1cccc(C(=O)c2ccccc2)c1. The van der Waals surface area contributed by atoms with Crippen LogP contribution < -0.4 is 0 Å².